The molecule has 0 unspecified atom stereocenters. The first kappa shape index (κ1) is 15.7. The SMILES string of the molecule is O=C(NC(=S)Nc1ccc([N+](=O)[O-])cc1)c1ccc2c(c1)OCO2. The second-order valence-corrected chi connectivity index (χ2v) is 5.19. The van der Waals surface area contributed by atoms with Gasteiger partial charge in [-0.2, -0.15) is 0 Å². The lowest BCUT2D eigenvalue weighted by Gasteiger charge is -2.09. The van der Waals surface area contributed by atoms with E-state index >= 15 is 0 Å². The number of fused-ring (bicyclic) bond motifs is 1. The molecule has 0 radical (unpaired) electrons. The standard InChI is InChI=1S/C15H11N3O5S/c19-14(9-1-6-12-13(7-9)23-8-22-12)17-15(24)16-10-2-4-11(5-3-10)18(20)21/h1-7H,8H2,(H2,16,17,19,24). The van der Waals surface area contributed by atoms with E-state index in [2.05, 4.69) is 10.6 Å². The van der Waals surface area contributed by atoms with Crippen molar-refractivity contribution in [3.05, 3.63) is 58.1 Å². The molecule has 2 aromatic carbocycles. The van der Waals surface area contributed by atoms with Gasteiger partial charge in [0, 0.05) is 23.4 Å². The Bertz CT molecular complexity index is 822. The van der Waals surface area contributed by atoms with Crippen LogP contribution >= 0.6 is 12.2 Å². The average molecular weight is 345 g/mol. The molecule has 0 aliphatic carbocycles. The Morgan fingerprint density at radius 2 is 1.83 bits per heavy atom. The maximum atomic E-state index is 12.2. The number of hydrogen-bond donors (Lipinski definition) is 2. The Kier molecular flexibility index (Phi) is 4.25. The van der Waals surface area contributed by atoms with E-state index in [1.165, 1.54) is 24.3 Å². The minimum Gasteiger partial charge on any atom is -0.454 e. The van der Waals surface area contributed by atoms with E-state index in [9.17, 15) is 14.9 Å². The third-order valence-corrected chi connectivity index (χ3v) is 3.40. The topological polar surface area (TPSA) is 103 Å². The highest BCUT2D eigenvalue weighted by Crippen LogP contribution is 2.32. The molecule has 0 saturated carbocycles. The quantitative estimate of drug-likeness (QED) is 0.500. The summed E-state index contributed by atoms with van der Waals surface area (Å²) >= 11 is 5.06. The van der Waals surface area contributed by atoms with Gasteiger partial charge in [0.2, 0.25) is 6.79 Å². The molecular weight excluding hydrogens is 334 g/mol. The van der Waals surface area contributed by atoms with Gasteiger partial charge in [-0.1, -0.05) is 0 Å². The van der Waals surface area contributed by atoms with Crippen LogP contribution in [0, 0.1) is 10.1 Å². The highest BCUT2D eigenvalue weighted by Gasteiger charge is 2.16. The van der Waals surface area contributed by atoms with Gasteiger partial charge in [0.25, 0.3) is 11.6 Å². The van der Waals surface area contributed by atoms with Crippen molar-refractivity contribution in [1.82, 2.24) is 5.32 Å². The number of carbonyl (C=O) groups is 1. The lowest BCUT2D eigenvalue weighted by Crippen LogP contribution is -2.34. The van der Waals surface area contributed by atoms with E-state index in [0.29, 0.717) is 22.7 Å². The summed E-state index contributed by atoms with van der Waals surface area (Å²) in [5.74, 6) is 0.669. The van der Waals surface area contributed by atoms with E-state index in [-0.39, 0.29) is 17.6 Å². The molecule has 0 spiro atoms. The Morgan fingerprint density at radius 3 is 2.54 bits per heavy atom. The van der Waals surface area contributed by atoms with Crippen LogP contribution in [-0.2, 0) is 0 Å². The van der Waals surface area contributed by atoms with Crippen molar-refractivity contribution < 1.29 is 19.2 Å². The molecule has 0 saturated heterocycles. The number of nitro benzene ring substituents is 1. The number of carbonyl (C=O) groups excluding carboxylic acids is 1. The molecule has 24 heavy (non-hydrogen) atoms. The Labute approximate surface area is 141 Å². The summed E-state index contributed by atoms with van der Waals surface area (Å²) in [4.78, 5) is 22.3. The Balaban J connectivity index is 1.62. The largest absolute Gasteiger partial charge is 0.454 e. The zero-order valence-electron chi connectivity index (χ0n) is 12.1. The second kappa shape index (κ2) is 6.50. The van der Waals surface area contributed by atoms with E-state index in [1.807, 2.05) is 0 Å². The average Bonchev–Trinajstić information content (AvgIpc) is 3.02. The molecule has 2 aromatic rings. The molecule has 2 N–H and O–H groups in total. The molecule has 1 aliphatic rings. The number of anilines is 1. The van der Waals surface area contributed by atoms with Crippen molar-refractivity contribution >= 4 is 34.6 Å². The third-order valence-electron chi connectivity index (χ3n) is 3.20. The number of non-ortho nitro benzene ring substituents is 1. The normalized spacial score (nSPS) is 11.7. The van der Waals surface area contributed by atoms with Gasteiger partial charge in [-0.25, -0.2) is 0 Å². The number of nitro groups is 1. The number of nitrogens with zero attached hydrogens (tertiary/aromatic N) is 1. The van der Waals surface area contributed by atoms with Crippen LogP contribution in [0.5, 0.6) is 11.5 Å². The first-order valence-corrected chi connectivity index (χ1v) is 7.20. The predicted molar refractivity (Wildman–Crippen MR) is 89.3 cm³/mol. The molecule has 0 bridgehead atoms. The summed E-state index contributed by atoms with van der Waals surface area (Å²) in [5.41, 5.74) is 0.861. The number of nitrogens with one attached hydrogen (secondary N) is 2. The van der Waals surface area contributed by atoms with Gasteiger partial charge in [0.1, 0.15) is 0 Å². The third kappa shape index (κ3) is 3.41. The van der Waals surface area contributed by atoms with E-state index in [1.54, 1.807) is 18.2 Å². The molecule has 0 atom stereocenters. The van der Waals surface area contributed by atoms with Crippen molar-refractivity contribution in [2.75, 3.05) is 12.1 Å². The first-order chi connectivity index (χ1) is 11.5. The van der Waals surface area contributed by atoms with Crippen molar-refractivity contribution in [2.45, 2.75) is 0 Å². The number of amides is 1. The van der Waals surface area contributed by atoms with E-state index in [4.69, 9.17) is 21.7 Å². The lowest BCUT2D eigenvalue weighted by atomic mass is 10.2. The van der Waals surface area contributed by atoms with Gasteiger partial charge in [-0.05, 0) is 42.5 Å². The van der Waals surface area contributed by atoms with Gasteiger partial charge in [0.15, 0.2) is 16.6 Å². The van der Waals surface area contributed by atoms with Crippen molar-refractivity contribution in [2.24, 2.45) is 0 Å². The van der Waals surface area contributed by atoms with Crippen LogP contribution in [-0.4, -0.2) is 22.7 Å². The summed E-state index contributed by atoms with van der Waals surface area (Å²) < 4.78 is 10.4. The van der Waals surface area contributed by atoms with Crippen LogP contribution in [0.15, 0.2) is 42.5 Å². The Hall–Kier alpha value is -3.20. The van der Waals surface area contributed by atoms with Gasteiger partial charge in [-0.15, -0.1) is 0 Å². The minimum atomic E-state index is -0.497. The van der Waals surface area contributed by atoms with Crippen LogP contribution < -0.4 is 20.1 Å². The van der Waals surface area contributed by atoms with E-state index in [0.717, 1.165) is 0 Å². The molecule has 1 aliphatic heterocycles. The zero-order chi connectivity index (χ0) is 17.1. The van der Waals surface area contributed by atoms with Crippen LogP contribution in [0.1, 0.15) is 10.4 Å². The zero-order valence-corrected chi connectivity index (χ0v) is 13.0. The fourth-order valence-corrected chi connectivity index (χ4v) is 2.25. The highest BCUT2D eigenvalue weighted by molar-refractivity contribution is 7.80. The molecular formula is C15H11N3O5S. The number of thiocarbonyl (C=S) groups is 1. The molecule has 122 valence electrons. The lowest BCUT2D eigenvalue weighted by molar-refractivity contribution is -0.384. The molecule has 9 heteroatoms. The smallest absolute Gasteiger partial charge is 0.269 e. The predicted octanol–water partition coefficient (Wildman–Crippen LogP) is 2.45. The molecule has 0 fully saturated rings. The number of benzene rings is 2. The minimum absolute atomic E-state index is 0.0316. The van der Waals surface area contributed by atoms with Crippen molar-refractivity contribution in [3.63, 3.8) is 0 Å². The van der Waals surface area contributed by atoms with Crippen LogP contribution in [0.3, 0.4) is 0 Å². The second-order valence-electron chi connectivity index (χ2n) is 4.78. The summed E-state index contributed by atoms with van der Waals surface area (Å²) in [6.45, 7) is 0.126. The Morgan fingerprint density at radius 1 is 1.12 bits per heavy atom. The summed E-state index contributed by atoms with van der Waals surface area (Å²) in [7, 11) is 0. The number of ether oxygens (including phenoxy) is 2. The molecule has 1 heterocycles. The molecule has 1 amide bonds. The monoisotopic (exact) mass is 345 g/mol. The van der Waals surface area contributed by atoms with Crippen LogP contribution in [0.4, 0.5) is 11.4 Å². The van der Waals surface area contributed by atoms with Gasteiger partial charge >= 0.3 is 0 Å². The summed E-state index contributed by atoms with van der Waals surface area (Å²) in [6, 6.07) is 10.5. The van der Waals surface area contributed by atoms with Gasteiger partial charge < -0.3 is 14.8 Å². The van der Waals surface area contributed by atoms with E-state index < -0.39 is 10.8 Å². The maximum absolute atomic E-state index is 12.2. The molecule has 3 rings (SSSR count). The molecule has 0 aromatic heterocycles. The van der Waals surface area contributed by atoms with Gasteiger partial charge in [0.05, 0.1) is 4.92 Å². The van der Waals surface area contributed by atoms with Crippen molar-refractivity contribution in [1.29, 1.82) is 0 Å². The fourth-order valence-electron chi connectivity index (χ4n) is 2.04. The number of hydrogen-bond acceptors (Lipinski definition) is 6. The van der Waals surface area contributed by atoms with Crippen molar-refractivity contribution in [3.8, 4) is 11.5 Å². The molecule has 8 nitrogen and oxygen atoms in total. The first-order valence-electron chi connectivity index (χ1n) is 6.79. The highest BCUT2D eigenvalue weighted by atomic mass is 32.1. The fraction of sp³-hybridized carbons (Fsp3) is 0.0667. The van der Waals surface area contributed by atoms with Gasteiger partial charge in [-0.3, -0.25) is 20.2 Å². The van der Waals surface area contributed by atoms with Crippen LogP contribution in [0.2, 0.25) is 0 Å². The maximum Gasteiger partial charge on any atom is 0.269 e. The number of rotatable bonds is 3. The summed E-state index contributed by atoms with van der Waals surface area (Å²) in [6.07, 6.45) is 0. The van der Waals surface area contributed by atoms with Crippen LogP contribution in [0.25, 0.3) is 0 Å². The summed E-state index contributed by atoms with van der Waals surface area (Å²) in [5, 5.41) is 16.0.